The molecule has 1 aliphatic heterocycles. The molecule has 0 saturated carbocycles. The number of ether oxygens (including phenoxy) is 2. The number of amides is 2. The molecule has 2 atom stereocenters. The summed E-state index contributed by atoms with van der Waals surface area (Å²) in [4.78, 5) is 29.0. The Morgan fingerprint density at radius 3 is 1.41 bits per heavy atom. The Balaban J connectivity index is 1.46. The van der Waals surface area contributed by atoms with E-state index in [1.165, 1.54) is 0 Å². The number of rotatable bonds is 10. The summed E-state index contributed by atoms with van der Waals surface area (Å²) in [5, 5.41) is 0. The average molecular weight is 467 g/mol. The molecule has 3 rings (SSSR count). The van der Waals surface area contributed by atoms with E-state index in [1.807, 2.05) is 36.4 Å². The number of hydrogen-bond acceptors (Lipinski definition) is 4. The van der Waals surface area contributed by atoms with E-state index in [-0.39, 0.29) is 25.0 Å². The Morgan fingerprint density at radius 2 is 1.06 bits per heavy atom. The summed E-state index contributed by atoms with van der Waals surface area (Å²) >= 11 is 0. The molecule has 34 heavy (non-hydrogen) atoms. The van der Waals surface area contributed by atoms with Crippen molar-refractivity contribution in [2.45, 2.75) is 52.4 Å². The van der Waals surface area contributed by atoms with Gasteiger partial charge in [-0.15, -0.1) is 0 Å². The van der Waals surface area contributed by atoms with Crippen LogP contribution in [0.2, 0.25) is 0 Å². The topological polar surface area (TPSA) is 59.1 Å². The molecule has 1 fully saturated rings. The van der Waals surface area contributed by atoms with Gasteiger partial charge in [-0.25, -0.2) is 0 Å². The van der Waals surface area contributed by atoms with Crippen molar-refractivity contribution in [3.63, 3.8) is 0 Å². The van der Waals surface area contributed by atoms with Crippen LogP contribution in [0.3, 0.4) is 0 Å². The first-order chi connectivity index (χ1) is 16.4. The van der Waals surface area contributed by atoms with E-state index in [9.17, 15) is 9.59 Å². The van der Waals surface area contributed by atoms with Gasteiger partial charge in [0.05, 0.1) is 0 Å². The van der Waals surface area contributed by atoms with Gasteiger partial charge in [-0.05, 0) is 47.9 Å². The second kappa shape index (κ2) is 12.4. The fraction of sp³-hybridized carbons (Fsp3) is 0.500. The summed E-state index contributed by atoms with van der Waals surface area (Å²) in [6.07, 6.45) is 2.02. The van der Waals surface area contributed by atoms with Crippen LogP contribution >= 0.6 is 0 Å². The predicted molar refractivity (Wildman–Crippen MR) is 134 cm³/mol. The van der Waals surface area contributed by atoms with Gasteiger partial charge in [0.25, 0.3) is 11.8 Å². The zero-order valence-corrected chi connectivity index (χ0v) is 21.0. The van der Waals surface area contributed by atoms with Gasteiger partial charge >= 0.3 is 0 Å². The van der Waals surface area contributed by atoms with Gasteiger partial charge in [0, 0.05) is 26.2 Å². The molecular formula is C28H38N2O4. The molecular weight excluding hydrogens is 428 g/mol. The molecule has 0 bridgehead atoms. The highest BCUT2D eigenvalue weighted by Gasteiger charge is 2.25. The molecule has 6 nitrogen and oxygen atoms in total. The van der Waals surface area contributed by atoms with Gasteiger partial charge in [-0.3, -0.25) is 9.59 Å². The van der Waals surface area contributed by atoms with Crippen LogP contribution in [0.1, 0.15) is 63.5 Å². The molecule has 2 aromatic carbocycles. The fourth-order valence-electron chi connectivity index (χ4n) is 4.14. The standard InChI is InChI=1S/C28H38N2O4/c1-5-21(3)23-11-7-9-13-25(23)33-19-27(31)29-15-17-30(18-16-29)28(32)20-34-26-14-10-8-12-24(26)22(4)6-2/h7-14,21-22H,5-6,15-20H2,1-4H3/t21-,22-/m0/s1. The summed E-state index contributed by atoms with van der Waals surface area (Å²) < 4.78 is 11.8. The minimum atomic E-state index is -0.0511. The molecule has 2 aromatic rings. The van der Waals surface area contributed by atoms with E-state index in [4.69, 9.17) is 9.47 Å². The van der Waals surface area contributed by atoms with Crippen LogP contribution in [0.5, 0.6) is 11.5 Å². The van der Waals surface area contributed by atoms with Gasteiger partial charge in [0.1, 0.15) is 11.5 Å². The third-order valence-corrected chi connectivity index (χ3v) is 6.81. The van der Waals surface area contributed by atoms with Crippen LogP contribution in [0, 0.1) is 0 Å². The highest BCUT2D eigenvalue weighted by Crippen LogP contribution is 2.29. The maximum atomic E-state index is 12.7. The molecule has 0 aromatic heterocycles. The lowest BCUT2D eigenvalue weighted by molar-refractivity contribution is -0.141. The monoisotopic (exact) mass is 466 g/mol. The second-order valence-electron chi connectivity index (χ2n) is 9.03. The maximum Gasteiger partial charge on any atom is 0.260 e. The molecule has 0 radical (unpaired) electrons. The Morgan fingerprint density at radius 1 is 0.706 bits per heavy atom. The van der Waals surface area contributed by atoms with Crippen LogP contribution < -0.4 is 9.47 Å². The average Bonchev–Trinajstić information content (AvgIpc) is 2.89. The van der Waals surface area contributed by atoms with Crippen molar-refractivity contribution >= 4 is 11.8 Å². The molecule has 2 amide bonds. The van der Waals surface area contributed by atoms with Crippen molar-refractivity contribution in [1.82, 2.24) is 9.80 Å². The number of para-hydroxylation sites is 2. The van der Waals surface area contributed by atoms with Gasteiger partial charge in [-0.2, -0.15) is 0 Å². The first-order valence-corrected chi connectivity index (χ1v) is 12.4. The molecule has 1 aliphatic rings. The van der Waals surface area contributed by atoms with Crippen LogP contribution in [0.15, 0.2) is 48.5 Å². The highest BCUT2D eigenvalue weighted by molar-refractivity contribution is 5.80. The third kappa shape index (κ3) is 6.52. The molecule has 184 valence electrons. The zero-order chi connectivity index (χ0) is 24.5. The first-order valence-electron chi connectivity index (χ1n) is 12.4. The Bertz CT molecular complexity index is 875. The van der Waals surface area contributed by atoms with Gasteiger partial charge < -0.3 is 19.3 Å². The molecule has 6 heteroatoms. The van der Waals surface area contributed by atoms with Gasteiger partial charge in [0.2, 0.25) is 0 Å². The fourth-order valence-corrected chi connectivity index (χ4v) is 4.14. The van der Waals surface area contributed by atoms with Crippen molar-refractivity contribution in [3.05, 3.63) is 59.7 Å². The van der Waals surface area contributed by atoms with Gasteiger partial charge in [0.15, 0.2) is 13.2 Å². The number of nitrogens with zero attached hydrogens (tertiary/aromatic N) is 2. The van der Waals surface area contributed by atoms with E-state index in [0.29, 0.717) is 38.0 Å². The smallest absolute Gasteiger partial charge is 0.260 e. The summed E-state index contributed by atoms with van der Waals surface area (Å²) in [6.45, 7) is 10.6. The van der Waals surface area contributed by atoms with Crippen molar-refractivity contribution < 1.29 is 19.1 Å². The summed E-state index contributed by atoms with van der Waals surface area (Å²) in [5.41, 5.74) is 2.26. The molecule has 0 unspecified atom stereocenters. The van der Waals surface area contributed by atoms with Gasteiger partial charge in [-0.1, -0.05) is 64.1 Å². The predicted octanol–water partition coefficient (Wildman–Crippen LogP) is 4.84. The van der Waals surface area contributed by atoms with E-state index < -0.39 is 0 Å². The number of benzene rings is 2. The number of carbonyl (C=O) groups excluding carboxylic acids is 2. The SMILES string of the molecule is CC[C@H](C)c1ccccc1OCC(=O)N1CCN(C(=O)COc2ccccc2[C@@H](C)CC)CC1. The summed E-state index contributed by atoms with van der Waals surface area (Å²) in [5.74, 6) is 2.19. The Hall–Kier alpha value is -3.02. The minimum Gasteiger partial charge on any atom is -0.483 e. The van der Waals surface area contributed by atoms with Crippen molar-refractivity contribution in [2.24, 2.45) is 0 Å². The maximum absolute atomic E-state index is 12.7. The van der Waals surface area contributed by atoms with E-state index in [1.54, 1.807) is 9.80 Å². The Kier molecular flexibility index (Phi) is 9.37. The van der Waals surface area contributed by atoms with Crippen LogP contribution in [0.4, 0.5) is 0 Å². The highest BCUT2D eigenvalue weighted by atomic mass is 16.5. The Labute approximate surface area is 203 Å². The molecule has 0 N–H and O–H groups in total. The lowest BCUT2D eigenvalue weighted by Gasteiger charge is -2.34. The van der Waals surface area contributed by atoms with Crippen molar-refractivity contribution in [3.8, 4) is 11.5 Å². The van der Waals surface area contributed by atoms with Crippen molar-refractivity contribution in [1.29, 1.82) is 0 Å². The van der Waals surface area contributed by atoms with E-state index in [0.717, 1.165) is 35.5 Å². The molecule has 1 heterocycles. The van der Waals surface area contributed by atoms with Crippen LogP contribution in [-0.4, -0.2) is 61.0 Å². The van der Waals surface area contributed by atoms with E-state index in [2.05, 4.69) is 39.8 Å². The van der Waals surface area contributed by atoms with Crippen molar-refractivity contribution in [2.75, 3.05) is 39.4 Å². The zero-order valence-electron chi connectivity index (χ0n) is 21.0. The van der Waals surface area contributed by atoms with Crippen LogP contribution in [-0.2, 0) is 9.59 Å². The molecule has 0 spiro atoms. The van der Waals surface area contributed by atoms with E-state index >= 15 is 0 Å². The lowest BCUT2D eigenvalue weighted by Crippen LogP contribution is -2.52. The lowest BCUT2D eigenvalue weighted by atomic mass is 9.98. The quantitative estimate of drug-likeness (QED) is 0.503. The normalized spacial score (nSPS) is 15.5. The third-order valence-electron chi connectivity index (χ3n) is 6.81. The second-order valence-corrected chi connectivity index (χ2v) is 9.03. The summed E-state index contributed by atoms with van der Waals surface area (Å²) in [7, 11) is 0. The number of piperazine rings is 1. The summed E-state index contributed by atoms with van der Waals surface area (Å²) in [6, 6.07) is 15.8. The first kappa shape index (κ1) is 25.6. The molecule has 0 aliphatic carbocycles. The minimum absolute atomic E-state index is 0.0108. The molecule has 1 saturated heterocycles. The van der Waals surface area contributed by atoms with Crippen LogP contribution in [0.25, 0.3) is 0 Å². The largest absolute Gasteiger partial charge is 0.483 e. The number of carbonyl (C=O) groups is 2. The number of hydrogen-bond donors (Lipinski definition) is 0.